The van der Waals surface area contributed by atoms with Crippen LogP contribution in [0.5, 0.6) is 5.75 Å². The number of rotatable bonds is 4. The van der Waals surface area contributed by atoms with Gasteiger partial charge in [0.2, 0.25) is 0 Å². The lowest BCUT2D eigenvalue weighted by molar-refractivity contribution is -0.0410. The molecular weight excluding hydrogens is 257 g/mol. The number of ether oxygens (including phenoxy) is 1. The van der Waals surface area contributed by atoms with E-state index in [1.54, 1.807) is 12.1 Å². The van der Waals surface area contributed by atoms with Gasteiger partial charge < -0.3 is 9.84 Å². The molecule has 0 aliphatic carbocycles. The molecule has 110 valence electrons. The first-order valence-electron chi connectivity index (χ1n) is 7.40. The SMILES string of the molecule is CC1(O)CC2CCC(C1)N2CCOc1cccc(F)c1. The third-order valence-electron chi connectivity index (χ3n) is 4.54. The average molecular weight is 279 g/mol. The lowest BCUT2D eigenvalue weighted by atomic mass is 9.88. The topological polar surface area (TPSA) is 32.7 Å². The van der Waals surface area contributed by atoms with Crippen molar-refractivity contribution < 1.29 is 14.2 Å². The Labute approximate surface area is 119 Å². The molecule has 2 bridgehead atoms. The summed E-state index contributed by atoms with van der Waals surface area (Å²) < 4.78 is 18.7. The molecule has 0 amide bonds. The van der Waals surface area contributed by atoms with Crippen LogP contribution in [0.25, 0.3) is 0 Å². The zero-order valence-electron chi connectivity index (χ0n) is 11.9. The summed E-state index contributed by atoms with van der Waals surface area (Å²) in [6, 6.07) is 7.21. The molecular formula is C16H22FNO2. The normalized spacial score (nSPS) is 33.4. The van der Waals surface area contributed by atoms with Gasteiger partial charge in [0.05, 0.1) is 5.60 Å². The minimum absolute atomic E-state index is 0.267. The van der Waals surface area contributed by atoms with Crippen molar-refractivity contribution >= 4 is 0 Å². The molecule has 20 heavy (non-hydrogen) atoms. The first-order chi connectivity index (χ1) is 9.53. The maximum Gasteiger partial charge on any atom is 0.126 e. The van der Waals surface area contributed by atoms with E-state index >= 15 is 0 Å². The molecule has 2 aliphatic rings. The Morgan fingerprint density at radius 3 is 2.70 bits per heavy atom. The van der Waals surface area contributed by atoms with E-state index in [0.717, 1.165) is 19.4 Å². The van der Waals surface area contributed by atoms with Crippen LogP contribution in [-0.2, 0) is 0 Å². The highest BCUT2D eigenvalue weighted by molar-refractivity contribution is 5.22. The van der Waals surface area contributed by atoms with Gasteiger partial charge >= 0.3 is 0 Å². The highest BCUT2D eigenvalue weighted by Gasteiger charge is 2.44. The molecule has 2 aliphatic heterocycles. The number of benzene rings is 1. The monoisotopic (exact) mass is 279 g/mol. The number of fused-ring (bicyclic) bond motifs is 2. The lowest BCUT2D eigenvalue weighted by Gasteiger charge is -2.42. The average Bonchev–Trinajstić information content (AvgIpc) is 2.63. The number of aliphatic hydroxyl groups is 1. The fourth-order valence-corrected chi connectivity index (χ4v) is 3.74. The first kappa shape index (κ1) is 13.8. The van der Waals surface area contributed by atoms with Gasteiger partial charge in [-0.15, -0.1) is 0 Å². The molecule has 2 fully saturated rings. The molecule has 4 heteroatoms. The molecule has 0 saturated carbocycles. The number of hydrogen-bond donors (Lipinski definition) is 1. The van der Waals surface area contributed by atoms with Crippen LogP contribution in [0.2, 0.25) is 0 Å². The van der Waals surface area contributed by atoms with Crippen molar-refractivity contribution in [2.75, 3.05) is 13.2 Å². The highest BCUT2D eigenvalue weighted by atomic mass is 19.1. The maximum absolute atomic E-state index is 13.1. The number of halogens is 1. The van der Waals surface area contributed by atoms with E-state index in [4.69, 9.17) is 4.74 Å². The summed E-state index contributed by atoms with van der Waals surface area (Å²) in [6.45, 7) is 3.36. The molecule has 1 N–H and O–H groups in total. The van der Waals surface area contributed by atoms with Gasteiger partial charge in [0.25, 0.3) is 0 Å². The summed E-state index contributed by atoms with van der Waals surface area (Å²) in [5.41, 5.74) is -0.508. The van der Waals surface area contributed by atoms with Crippen LogP contribution in [0.15, 0.2) is 24.3 Å². The minimum Gasteiger partial charge on any atom is -0.492 e. The molecule has 1 aromatic carbocycles. The Kier molecular flexibility index (Phi) is 3.69. The van der Waals surface area contributed by atoms with Gasteiger partial charge in [-0.3, -0.25) is 4.90 Å². The Morgan fingerprint density at radius 1 is 1.35 bits per heavy atom. The second-order valence-electron chi connectivity index (χ2n) is 6.33. The molecule has 0 aromatic heterocycles. The summed E-state index contributed by atoms with van der Waals surface area (Å²) in [4.78, 5) is 2.46. The molecule has 2 saturated heterocycles. The zero-order valence-corrected chi connectivity index (χ0v) is 11.9. The van der Waals surface area contributed by atoms with Crippen molar-refractivity contribution in [1.82, 2.24) is 4.90 Å². The number of piperidine rings is 1. The molecule has 2 atom stereocenters. The third-order valence-corrected chi connectivity index (χ3v) is 4.54. The third kappa shape index (κ3) is 2.96. The van der Waals surface area contributed by atoms with Crippen molar-refractivity contribution in [2.24, 2.45) is 0 Å². The van der Waals surface area contributed by atoms with Crippen molar-refractivity contribution in [1.29, 1.82) is 0 Å². The largest absolute Gasteiger partial charge is 0.492 e. The van der Waals surface area contributed by atoms with Gasteiger partial charge in [0.15, 0.2) is 0 Å². The second kappa shape index (κ2) is 5.34. The van der Waals surface area contributed by atoms with Crippen LogP contribution in [-0.4, -0.2) is 40.8 Å². The summed E-state index contributed by atoms with van der Waals surface area (Å²) in [5.74, 6) is 0.318. The zero-order chi connectivity index (χ0) is 14.2. The summed E-state index contributed by atoms with van der Waals surface area (Å²) >= 11 is 0. The van der Waals surface area contributed by atoms with E-state index in [-0.39, 0.29) is 5.82 Å². The fourth-order valence-electron chi connectivity index (χ4n) is 3.74. The molecule has 3 rings (SSSR count). The van der Waals surface area contributed by atoms with E-state index in [0.29, 0.717) is 24.4 Å². The van der Waals surface area contributed by atoms with Gasteiger partial charge in [-0.1, -0.05) is 6.07 Å². The molecule has 2 unspecified atom stereocenters. The number of hydrogen-bond acceptors (Lipinski definition) is 3. The van der Waals surface area contributed by atoms with E-state index in [2.05, 4.69) is 4.90 Å². The summed E-state index contributed by atoms with van der Waals surface area (Å²) in [5, 5.41) is 10.2. The maximum atomic E-state index is 13.1. The first-order valence-corrected chi connectivity index (χ1v) is 7.40. The second-order valence-corrected chi connectivity index (χ2v) is 6.33. The van der Waals surface area contributed by atoms with Gasteiger partial charge in [-0.05, 0) is 44.7 Å². The molecule has 0 radical (unpaired) electrons. The predicted octanol–water partition coefficient (Wildman–Crippen LogP) is 2.58. The van der Waals surface area contributed by atoms with Crippen molar-refractivity contribution in [3.8, 4) is 5.75 Å². The smallest absolute Gasteiger partial charge is 0.126 e. The van der Waals surface area contributed by atoms with Crippen LogP contribution in [0.4, 0.5) is 4.39 Å². The van der Waals surface area contributed by atoms with Crippen LogP contribution in [0.3, 0.4) is 0 Å². The van der Waals surface area contributed by atoms with Gasteiger partial charge in [0.1, 0.15) is 18.2 Å². The van der Waals surface area contributed by atoms with Crippen molar-refractivity contribution in [3.63, 3.8) is 0 Å². The van der Waals surface area contributed by atoms with Crippen molar-refractivity contribution in [2.45, 2.75) is 50.3 Å². The quantitative estimate of drug-likeness (QED) is 0.919. The van der Waals surface area contributed by atoms with E-state index in [9.17, 15) is 9.50 Å². The van der Waals surface area contributed by atoms with Gasteiger partial charge in [-0.2, -0.15) is 0 Å². The van der Waals surface area contributed by atoms with Crippen LogP contribution in [0, 0.1) is 5.82 Å². The van der Waals surface area contributed by atoms with Crippen LogP contribution in [0.1, 0.15) is 32.6 Å². The summed E-state index contributed by atoms with van der Waals surface area (Å²) in [7, 11) is 0. The highest BCUT2D eigenvalue weighted by Crippen LogP contribution is 2.40. The summed E-state index contributed by atoms with van der Waals surface area (Å²) in [6.07, 6.45) is 4.04. The van der Waals surface area contributed by atoms with E-state index in [1.807, 2.05) is 6.92 Å². The van der Waals surface area contributed by atoms with Gasteiger partial charge in [-0.25, -0.2) is 4.39 Å². The Morgan fingerprint density at radius 2 is 2.05 bits per heavy atom. The lowest BCUT2D eigenvalue weighted by Crippen LogP contribution is -2.50. The van der Waals surface area contributed by atoms with Gasteiger partial charge in [0, 0.05) is 24.7 Å². The molecule has 3 nitrogen and oxygen atoms in total. The van der Waals surface area contributed by atoms with E-state index < -0.39 is 5.60 Å². The molecule has 0 spiro atoms. The minimum atomic E-state index is -0.508. The van der Waals surface area contributed by atoms with Crippen LogP contribution < -0.4 is 4.74 Å². The Bertz CT molecular complexity index is 461. The van der Waals surface area contributed by atoms with Crippen LogP contribution >= 0.6 is 0 Å². The number of nitrogens with zero attached hydrogens (tertiary/aromatic N) is 1. The Balaban J connectivity index is 1.52. The standard InChI is InChI=1S/C16H22FNO2/c1-16(19)10-13-5-6-14(11-16)18(13)7-8-20-15-4-2-3-12(17)9-15/h2-4,9,13-14,19H,5-8,10-11H2,1H3. The Hall–Kier alpha value is -1.13. The van der Waals surface area contributed by atoms with Crippen molar-refractivity contribution in [3.05, 3.63) is 30.1 Å². The predicted molar refractivity (Wildman–Crippen MR) is 75.3 cm³/mol. The molecule has 1 aromatic rings. The fraction of sp³-hybridized carbons (Fsp3) is 0.625. The molecule has 2 heterocycles. The van der Waals surface area contributed by atoms with E-state index in [1.165, 1.54) is 25.0 Å².